The van der Waals surface area contributed by atoms with Crippen LogP contribution < -0.4 is 11.3 Å². The van der Waals surface area contributed by atoms with E-state index in [1.165, 1.54) is 0 Å². The Hall–Kier alpha value is -1.24. The summed E-state index contributed by atoms with van der Waals surface area (Å²) in [6.45, 7) is 4.99. The van der Waals surface area contributed by atoms with Crippen molar-refractivity contribution in [3.8, 4) is 0 Å². The van der Waals surface area contributed by atoms with Crippen LogP contribution in [0.5, 0.6) is 0 Å². The third-order valence-electron chi connectivity index (χ3n) is 2.68. The summed E-state index contributed by atoms with van der Waals surface area (Å²) in [5, 5.41) is 3.15. The zero-order chi connectivity index (χ0) is 12.3. The number of hydrazine groups is 1. The average Bonchev–Trinajstić information content (AvgIpc) is 2.94. The van der Waals surface area contributed by atoms with Gasteiger partial charge in [-0.3, -0.25) is 5.84 Å². The van der Waals surface area contributed by atoms with Gasteiger partial charge in [-0.25, -0.2) is 15.4 Å². The molecule has 3 N–H and O–H groups in total. The minimum Gasteiger partial charge on any atom is -0.334 e. The van der Waals surface area contributed by atoms with Crippen LogP contribution in [0.4, 0.5) is 0 Å². The molecular weight excluding hydrogens is 234 g/mol. The quantitative estimate of drug-likeness (QED) is 0.623. The van der Waals surface area contributed by atoms with Crippen molar-refractivity contribution in [2.45, 2.75) is 32.9 Å². The summed E-state index contributed by atoms with van der Waals surface area (Å²) in [7, 11) is 0. The minimum atomic E-state index is 0.00597. The van der Waals surface area contributed by atoms with Crippen LogP contribution in [0, 0.1) is 6.92 Å². The summed E-state index contributed by atoms with van der Waals surface area (Å²) in [5.41, 5.74) is 3.87. The predicted octanol–water partition coefficient (Wildman–Crippen LogP) is 1.42. The van der Waals surface area contributed by atoms with Crippen LogP contribution >= 0.6 is 11.3 Å². The molecule has 1 unspecified atom stereocenters. The highest BCUT2D eigenvalue weighted by molar-refractivity contribution is 7.09. The number of nitrogens with zero attached hydrogens (tertiary/aromatic N) is 3. The van der Waals surface area contributed by atoms with Gasteiger partial charge in [-0.2, -0.15) is 0 Å². The topological polar surface area (TPSA) is 68.8 Å². The van der Waals surface area contributed by atoms with Crippen LogP contribution in [0.25, 0.3) is 0 Å². The summed E-state index contributed by atoms with van der Waals surface area (Å²) >= 11 is 1.66. The first-order chi connectivity index (χ1) is 8.24. The van der Waals surface area contributed by atoms with E-state index in [9.17, 15) is 0 Å². The molecular formula is C11H17N5S. The molecule has 0 aliphatic rings. The molecule has 92 valence electrons. The van der Waals surface area contributed by atoms with Gasteiger partial charge in [-0.15, -0.1) is 11.3 Å². The maximum atomic E-state index is 5.61. The van der Waals surface area contributed by atoms with Gasteiger partial charge in [0.05, 0.1) is 16.7 Å². The van der Waals surface area contributed by atoms with Crippen LogP contribution in [0.1, 0.15) is 29.5 Å². The number of thiazole rings is 1. The lowest BCUT2D eigenvalue weighted by molar-refractivity contribution is 0.492. The fourth-order valence-corrected chi connectivity index (χ4v) is 2.46. The predicted molar refractivity (Wildman–Crippen MR) is 68.5 cm³/mol. The molecule has 5 nitrogen and oxygen atoms in total. The zero-order valence-electron chi connectivity index (χ0n) is 10.1. The zero-order valence-corrected chi connectivity index (χ0v) is 10.9. The number of nitrogens with one attached hydrogen (secondary N) is 1. The normalized spacial score (nSPS) is 12.9. The van der Waals surface area contributed by atoms with Crippen molar-refractivity contribution in [1.82, 2.24) is 20.0 Å². The third-order valence-corrected chi connectivity index (χ3v) is 3.50. The van der Waals surface area contributed by atoms with Crippen molar-refractivity contribution >= 4 is 11.3 Å². The number of hydrogen-bond donors (Lipinski definition) is 2. The number of nitrogens with two attached hydrogens (primary N) is 1. The van der Waals surface area contributed by atoms with Crippen LogP contribution in [-0.2, 0) is 13.0 Å². The van der Waals surface area contributed by atoms with Gasteiger partial charge in [0.1, 0.15) is 5.82 Å². The molecule has 0 saturated carbocycles. The average molecular weight is 251 g/mol. The largest absolute Gasteiger partial charge is 0.334 e. The van der Waals surface area contributed by atoms with Gasteiger partial charge in [0.2, 0.25) is 0 Å². The molecule has 0 amide bonds. The Morgan fingerprint density at radius 2 is 2.41 bits per heavy atom. The van der Waals surface area contributed by atoms with Crippen LogP contribution in [0.2, 0.25) is 0 Å². The van der Waals surface area contributed by atoms with Crippen LogP contribution in [0.15, 0.2) is 17.8 Å². The summed E-state index contributed by atoms with van der Waals surface area (Å²) in [6, 6.07) is 0.00597. The standard InChI is InChI=1S/C11H17N5S/c1-3-16-5-4-13-11(16)10(15-12)6-9-7-17-8(2)14-9/h4-5,7,10,15H,3,6,12H2,1-2H3. The van der Waals surface area contributed by atoms with Crippen molar-refractivity contribution in [3.05, 3.63) is 34.3 Å². The highest BCUT2D eigenvalue weighted by atomic mass is 32.1. The minimum absolute atomic E-state index is 0.00597. The van der Waals surface area contributed by atoms with E-state index >= 15 is 0 Å². The number of imidazole rings is 1. The van der Waals surface area contributed by atoms with Gasteiger partial charge in [-0.05, 0) is 13.8 Å². The number of rotatable bonds is 5. The second-order valence-corrected chi connectivity index (χ2v) is 4.91. The number of aryl methyl sites for hydroxylation is 2. The molecule has 0 fully saturated rings. The van der Waals surface area contributed by atoms with Gasteiger partial charge >= 0.3 is 0 Å². The molecule has 0 spiro atoms. The summed E-state index contributed by atoms with van der Waals surface area (Å²) in [4.78, 5) is 8.81. The first kappa shape index (κ1) is 12.2. The molecule has 2 heterocycles. The maximum absolute atomic E-state index is 5.61. The van der Waals surface area contributed by atoms with Gasteiger partial charge in [-0.1, -0.05) is 0 Å². The van der Waals surface area contributed by atoms with Crippen molar-refractivity contribution in [2.75, 3.05) is 0 Å². The smallest absolute Gasteiger partial charge is 0.127 e. The van der Waals surface area contributed by atoms with E-state index in [0.717, 1.165) is 29.5 Å². The lowest BCUT2D eigenvalue weighted by atomic mass is 10.1. The molecule has 17 heavy (non-hydrogen) atoms. The Labute approximate surface area is 105 Å². The molecule has 0 radical (unpaired) electrons. The van der Waals surface area contributed by atoms with Crippen molar-refractivity contribution in [1.29, 1.82) is 0 Å². The van der Waals surface area contributed by atoms with Gasteiger partial charge in [0.25, 0.3) is 0 Å². The maximum Gasteiger partial charge on any atom is 0.127 e. The highest BCUT2D eigenvalue weighted by Crippen LogP contribution is 2.18. The number of hydrogen-bond acceptors (Lipinski definition) is 5. The summed E-state index contributed by atoms with van der Waals surface area (Å²) in [5.74, 6) is 6.57. The molecule has 2 aromatic heterocycles. The van der Waals surface area contributed by atoms with Crippen molar-refractivity contribution in [2.24, 2.45) is 5.84 Å². The molecule has 0 aromatic carbocycles. The van der Waals surface area contributed by atoms with E-state index in [2.05, 4.69) is 32.3 Å². The molecule has 6 heteroatoms. The lowest BCUT2D eigenvalue weighted by Crippen LogP contribution is -2.31. The fourth-order valence-electron chi connectivity index (χ4n) is 1.83. The molecule has 0 aliphatic heterocycles. The Morgan fingerprint density at radius 1 is 1.59 bits per heavy atom. The summed E-state index contributed by atoms with van der Waals surface area (Å²) in [6.07, 6.45) is 4.53. The van der Waals surface area contributed by atoms with E-state index in [1.54, 1.807) is 17.5 Å². The van der Waals surface area contributed by atoms with E-state index in [0.29, 0.717) is 0 Å². The monoisotopic (exact) mass is 251 g/mol. The Morgan fingerprint density at radius 3 is 3.00 bits per heavy atom. The van der Waals surface area contributed by atoms with Crippen molar-refractivity contribution in [3.63, 3.8) is 0 Å². The third kappa shape index (κ3) is 2.71. The molecule has 2 rings (SSSR count). The van der Waals surface area contributed by atoms with Gasteiger partial charge in [0, 0.05) is 30.7 Å². The molecule has 0 aliphatic carbocycles. The van der Waals surface area contributed by atoms with Gasteiger partial charge < -0.3 is 4.57 Å². The lowest BCUT2D eigenvalue weighted by Gasteiger charge is -2.15. The highest BCUT2D eigenvalue weighted by Gasteiger charge is 2.16. The second kappa shape index (κ2) is 5.39. The molecule has 2 aromatic rings. The van der Waals surface area contributed by atoms with Crippen molar-refractivity contribution < 1.29 is 0 Å². The SMILES string of the molecule is CCn1ccnc1C(Cc1csc(C)n1)NN. The van der Waals surface area contributed by atoms with E-state index in [-0.39, 0.29) is 6.04 Å². The number of aromatic nitrogens is 3. The van der Waals surface area contributed by atoms with E-state index in [4.69, 9.17) is 5.84 Å². The Balaban J connectivity index is 2.16. The molecule has 0 saturated heterocycles. The summed E-state index contributed by atoms with van der Waals surface area (Å²) < 4.78 is 2.09. The van der Waals surface area contributed by atoms with E-state index < -0.39 is 0 Å². The van der Waals surface area contributed by atoms with Crippen LogP contribution in [-0.4, -0.2) is 14.5 Å². The molecule has 1 atom stereocenters. The first-order valence-corrected chi connectivity index (χ1v) is 6.50. The van der Waals surface area contributed by atoms with Gasteiger partial charge in [0.15, 0.2) is 0 Å². The first-order valence-electron chi connectivity index (χ1n) is 5.62. The second-order valence-electron chi connectivity index (χ2n) is 3.85. The Kier molecular flexibility index (Phi) is 3.88. The Bertz CT molecular complexity index is 476. The molecule has 0 bridgehead atoms. The van der Waals surface area contributed by atoms with E-state index in [1.807, 2.05) is 13.1 Å². The van der Waals surface area contributed by atoms with Crippen LogP contribution in [0.3, 0.4) is 0 Å². The fraction of sp³-hybridized carbons (Fsp3) is 0.455.